The van der Waals surface area contributed by atoms with Crippen LogP contribution in [-0.2, 0) is 19.8 Å². The van der Waals surface area contributed by atoms with Crippen molar-refractivity contribution in [1.82, 2.24) is 25.0 Å². The Morgan fingerprint density at radius 1 is 1.24 bits per heavy atom. The molecule has 1 aromatic heterocycles. The molecule has 2 heterocycles. The lowest BCUT2D eigenvalue weighted by molar-refractivity contribution is -0.147. The van der Waals surface area contributed by atoms with Gasteiger partial charge in [0.2, 0.25) is 5.82 Å². The molecule has 8 heteroatoms. The molecular formula is C9H14F3N5. The van der Waals surface area contributed by atoms with Crippen LogP contribution in [0.3, 0.4) is 0 Å². The molecule has 17 heavy (non-hydrogen) atoms. The summed E-state index contributed by atoms with van der Waals surface area (Å²) in [6.45, 7) is 3.73. The van der Waals surface area contributed by atoms with Crippen molar-refractivity contribution < 1.29 is 13.2 Å². The van der Waals surface area contributed by atoms with Crippen LogP contribution < -0.4 is 5.32 Å². The van der Waals surface area contributed by atoms with E-state index < -0.39 is 12.0 Å². The largest absolute Gasteiger partial charge is 0.451 e. The van der Waals surface area contributed by atoms with Crippen LogP contribution in [0.15, 0.2) is 0 Å². The Morgan fingerprint density at radius 2 is 1.88 bits per heavy atom. The molecule has 0 aromatic carbocycles. The maximum Gasteiger partial charge on any atom is 0.451 e. The van der Waals surface area contributed by atoms with E-state index in [1.165, 1.54) is 7.05 Å². The Hall–Kier alpha value is -1.15. The summed E-state index contributed by atoms with van der Waals surface area (Å²) in [6, 6.07) is 0. The lowest BCUT2D eigenvalue weighted by Crippen LogP contribution is -2.43. The summed E-state index contributed by atoms with van der Waals surface area (Å²) in [4.78, 5) is 2.06. The van der Waals surface area contributed by atoms with E-state index >= 15 is 0 Å². The molecule has 0 atom stereocenters. The lowest BCUT2D eigenvalue weighted by atomic mass is 10.3. The van der Waals surface area contributed by atoms with Crippen LogP contribution in [0.1, 0.15) is 11.6 Å². The summed E-state index contributed by atoms with van der Waals surface area (Å²) in [5.41, 5.74) is 0. The van der Waals surface area contributed by atoms with Crippen molar-refractivity contribution >= 4 is 0 Å². The maximum absolute atomic E-state index is 12.5. The third kappa shape index (κ3) is 2.75. The van der Waals surface area contributed by atoms with E-state index in [2.05, 4.69) is 20.4 Å². The van der Waals surface area contributed by atoms with Crippen LogP contribution >= 0.6 is 0 Å². The Kier molecular flexibility index (Phi) is 3.34. The standard InChI is InChI=1S/C9H14F3N5/c1-16-7(6-17-4-2-13-3-5-17)14-15-8(16)9(10,11)12/h13H,2-6H2,1H3. The number of nitrogens with zero attached hydrogens (tertiary/aromatic N) is 4. The number of rotatable bonds is 2. The molecule has 1 N–H and O–H groups in total. The molecule has 96 valence electrons. The van der Waals surface area contributed by atoms with Crippen LogP contribution in [0.4, 0.5) is 13.2 Å². The van der Waals surface area contributed by atoms with Crippen LogP contribution in [0.5, 0.6) is 0 Å². The molecular weight excluding hydrogens is 235 g/mol. The molecule has 0 amide bonds. The summed E-state index contributed by atoms with van der Waals surface area (Å²) in [5, 5.41) is 9.99. The van der Waals surface area contributed by atoms with E-state index in [1.807, 2.05) is 0 Å². The number of halogens is 3. The second-order valence-corrected chi connectivity index (χ2v) is 4.02. The number of alkyl halides is 3. The molecule has 1 aromatic rings. The third-order valence-electron chi connectivity index (χ3n) is 2.79. The number of piperazine rings is 1. The third-order valence-corrected chi connectivity index (χ3v) is 2.79. The van der Waals surface area contributed by atoms with Gasteiger partial charge in [0.25, 0.3) is 0 Å². The fourth-order valence-electron chi connectivity index (χ4n) is 1.82. The zero-order valence-corrected chi connectivity index (χ0v) is 9.46. The molecule has 5 nitrogen and oxygen atoms in total. The Labute approximate surface area is 96.6 Å². The molecule has 0 unspecified atom stereocenters. The normalized spacial score (nSPS) is 18.6. The number of aromatic nitrogens is 3. The smallest absolute Gasteiger partial charge is 0.314 e. The molecule has 1 fully saturated rings. The quantitative estimate of drug-likeness (QED) is 0.815. The summed E-state index contributed by atoms with van der Waals surface area (Å²) < 4.78 is 38.5. The van der Waals surface area contributed by atoms with E-state index in [-0.39, 0.29) is 0 Å². The topological polar surface area (TPSA) is 46.0 Å². The highest BCUT2D eigenvalue weighted by molar-refractivity contribution is 4.98. The zero-order chi connectivity index (χ0) is 12.5. The molecule has 0 spiro atoms. The van der Waals surface area contributed by atoms with Gasteiger partial charge in [0.1, 0.15) is 5.82 Å². The van der Waals surface area contributed by atoms with Crippen molar-refractivity contribution in [3.8, 4) is 0 Å². The average Bonchev–Trinajstić information content (AvgIpc) is 2.61. The molecule has 1 aliphatic rings. The van der Waals surface area contributed by atoms with Gasteiger partial charge in [-0.15, -0.1) is 10.2 Å². The number of nitrogens with one attached hydrogen (secondary N) is 1. The fraction of sp³-hybridized carbons (Fsp3) is 0.778. The van der Waals surface area contributed by atoms with E-state index in [0.717, 1.165) is 30.7 Å². The summed E-state index contributed by atoms with van der Waals surface area (Å²) >= 11 is 0. The highest BCUT2D eigenvalue weighted by atomic mass is 19.4. The minimum Gasteiger partial charge on any atom is -0.314 e. The first-order valence-electron chi connectivity index (χ1n) is 5.37. The first kappa shape index (κ1) is 12.3. The van der Waals surface area contributed by atoms with Crippen LogP contribution in [-0.4, -0.2) is 45.8 Å². The number of hydrogen-bond donors (Lipinski definition) is 1. The minimum atomic E-state index is -4.44. The van der Waals surface area contributed by atoms with Gasteiger partial charge in [0, 0.05) is 33.2 Å². The van der Waals surface area contributed by atoms with Crippen molar-refractivity contribution in [1.29, 1.82) is 0 Å². The number of hydrogen-bond acceptors (Lipinski definition) is 4. The van der Waals surface area contributed by atoms with Gasteiger partial charge >= 0.3 is 6.18 Å². The van der Waals surface area contributed by atoms with Crippen molar-refractivity contribution in [2.45, 2.75) is 12.7 Å². The van der Waals surface area contributed by atoms with Gasteiger partial charge in [-0.2, -0.15) is 13.2 Å². The predicted molar refractivity (Wildman–Crippen MR) is 54.2 cm³/mol. The maximum atomic E-state index is 12.5. The van der Waals surface area contributed by atoms with Gasteiger partial charge in [0.05, 0.1) is 6.54 Å². The van der Waals surface area contributed by atoms with E-state index in [0.29, 0.717) is 12.4 Å². The molecule has 2 rings (SSSR count). The van der Waals surface area contributed by atoms with Gasteiger partial charge < -0.3 is 9.88 Å². The van der Waals surface area contributed by atoms with E-state index in [9.17, 15) is 13.2 Å². The van der Waals surface area contributed by atoms with Gasteiger partial charge in [-0.05, 0) is 0 Å². The monoisotopic (exact) mass is 249 g/mol. The Balaban J connectivity index is 2.09. The highest BCUT2D eigenvalue weighted by Crippen LogP contribution is 2.27. The van der Waals surface area contributed by atoms with Crippen molar-refractivity contribution in [3.05, 3.63) is 11.6 Å². The fourth-order valence-corrected chi connectivity index (χ4v) is 1.82. The highest BCUT2D eigenvalue weighted by Gasteiger charge is 2.37. The Bertz CT molecular complexity index is 380. The summed E-state index contributed by atoms with van der Waals surface area (Å²) in [5.74, 6) is -0.596. The average molecular weight is 249 g/mol. The van der Waals surface area contributed by atoms with Crippen LogP contribution in [0, 0.1) is 0 Å². The second-order valence-electron chi connectivity index (χ2n) is 4.02. The van der Waals surface area contributed by atoms with Crippen LogP contribution in [0.25, 0.3) is 0 Å². The summed E-state index contributed by atoms with van der Waals surface area (Å²) in [7, 11) is 1.35. The molecule has 0 aliphatic carbocycles. The van der Waals surface area contributed by atoms with Gasteiger partial charge in [-0.25, -0.2) is 0 Å². The van der Waals surface area contributed by atoms with Gasteiger partial charge in [0.15, 0.2) is 0 Å². The molecule has 0 bridgehead atoms. The van der Waals surface area contributed by atoms with E-state index in [4.69, 9.17) is 0 Å². The van der Waals surface area contributed by atoms with Crippen LogP contribution in [0.2, 0.25) is 0 Å². The lowest BCUT2D eigenvalue weighted by Gasteiger charge is -2.26. The molecule has 1 aliphatic heterocycles. The molecule has 1 saturated heterocycles. The second kappa shape index (κ2) is 4.61. The SMILES string of the molecule is Cn1c(CN2CCNCC2)nnc1C(F)(F)F. The van der Waals surface area contributed by atoms with Crippen molar-refractivity contribution in [2.75, 3.05) is 26.2 Å². The first-order valence-corrected chi connectivity index (χ1v) is 5.37. The van der Waals surface area contributed by atoms with Gasteiger partial charge in [-0.3, -0.25) is 4.90 Å². The zero-order valence-electron chi connectivity index (χ0n) is 9.46. The minimum absolute atomic E-state index is 0.347. The summed E-state index contributed by atoms with van der Waals surface area (Å²) in [6.07, 6.45) is -4.44. The van der Waals surface area contributed by atoms with Gasteiger partial charge in [-0.1, -0.05) is 0 Å². The molecule has 0 saturated carbocycles. The van der Waals surface area contributed by atoms with Crippen molar-refractivity contribution in [2.24, 2.45) is 7.05 Å². The van der Waals surface area contributed by atoms with Crippen molar-refractivity contribution in [3.63, 3.8) is 0 Å². The molecule has 0 radical (unpaired) electrons. The Morgan fingerprint density at radius 3 is 2.41 bits per heavy atom. The first-order chi connectivity index (χ1) is 7.98. The van der Waals surface area contributed by atoms with E-state index in [1.54, 1.807) is 0 Å². The predicted octanol–water partition coefficient (Wildman–Crippen LogP) is 0.239.